The fourth-order valence-corrected chi connectivity index (χ4v) is 8.97. The molecule has 0 saturated heterocycles. The Morgan fingerprint density at radius 1 is 0.413 bits per heavy atom. The number of benzene rings is 4. The van der Waals surface area contributed by atoms with E-state index in [0.29, 0.717) is 29.5 Å². The minimum atomic E-state index is 0.661. The number of pyridine rings is 5. The minimum Gasteiger partial charge on any atom is -0.366 e. The maximum Gasteiger partial charge on any atom is 0.165 e. The van der Waals surface area contributed by atoms with Crippen LogP contribution in [0.5, 0.6) is 0 Å². The number of aromatic nitrogens is 11. The third-order valence-corrected chi connectivity index (χ3v) is 11.7. The Kier molecular flexibility index (Phi) is 7.66. The molecule has 4 aromatic carbocycles. The zero-order valence-corrected chi connectivity index (χ0v) is 33.4. The topological polar surface area (TPSA) is 130 Å². The predicted molar refractivity (Wildman–Crippen MR) is 248 cm³/mol. The molecule has 296 valence electrons. The van der Waals surface area contributed by atoms with Crippen LogP contribution in [-0.2, 0) is 0 Å². The predicted octanol–water partition coefficient (Wildman–Crippen LogP) is 10.4. The molecule has 0 radical (unpaired) electrons. The average molecular weight is 813 g/mol. The number of rotatable bonds is 6. The van der Waals surface area contributed by atoms with Gasteiger partial charge >= 0.3 is 0 Å². The van der Waals surface area contributed by atoms with Gasteiger partial charge in [-0.3, -0.25) is 28.7 Å². The summed E-state index contributed by atoms with van der Waals surface area (Å²) in [5.41, 5.74) is 11.4. The number of hydrogen-bond donors (Lipinski definition) is 1. The van der Waals surface area contributed by atoms with E-state index in [0.717, 1.165) is 94.8 Å². The van der Waals surface area contributed by atoms with Gasteiger partial charge in [0.25, 0.3) is 0 Å². The SMILES string of the molecule is C1=Cc2nc(-c3cc(-c4nc5cccnc5n4-c4cccc5cccnc45)cc(-c4nc5cccnc5n4-c4cccc5cccnc45)c3)n(-c3cccc4cccnc34)c2NC1. The maximum absolute atomic E-state index is 5.39. The second-order valence-electron chi connectivity index (χ2n) is 15.4. The first-order valence-corrected chi connectivity index (χ1v) is 20.6. The summed E-state index contributed by atoms with van der Waals surface area (Å²) < 4.78 is 6.42. The lowest BCUT2D eigenvalue weighted by Crippen LogP contribution is -2.10. The van der Waals surface area contributed by atoms with Gasteiger partial charge < -0.3 is 5.32 Å². The van der Waals surface area contributed by atoms with E-state index in [1.165, 1.54) is 0 Å². The third-order valence-electron chi connectivity index (χ3n) is 11.7. The molecule has 0 saturated carbocycles. The van der Waals surface area contributed by atoms with Gasteiger partial charge in [-0.05, 0) is 84.9 Å². The van der Waals surface area contributed by atoms with Gasteiger partial charge in [-0.1, -0.05) is 60.7 Å². The molecule has 0 amide bonds. The molecular weight excluding hydrogens is 781 g/mol. The smallest absolute Gasteiger partial charge is 0.165 e. The number of fused-ring (bicyclic) bond motifs is 6. The number of imidazole rings is 3. The monoisotopic (exact) mass is 812 g/mol. The minimum absolute atomic E-state index is 0.661. The standard InChI is InChI=1S/C51H32N12/c1-10-31-13-4-22-52-43(31)40(19-1)61-46(58-37-16-7-25-55-49(37)61)34-28-35(47-59-38-17-8-26-56-50(38)62(47)41-20-2-11-32-14-5-23-53-44(32)41)30-36(29-34)48-60-39-18-9-27-57-51(39)63(48)42-21-3-12-33-15-6-24-54-45(33)42/h1-26,28-30,57H,27H2. The number of nitrogens with zero attached hydrogens (tertiary/aromatic N) is 11. The van der Waals surface area contributed by atoms with Gasteiger partial charge in [0.2, 0.25) is 0 Å². The molecular formula is C51H32N12. The van der Waals surface area contributed by atoms with Crippen molar-refractivity contribution in [1.29, 1.82) is 0 Å². The van der Waals surface area contributed by atoms with E-state index in [9.17, 15) is 0 Å². The first-order valence-electron chi connectivity index (χ1n) is 20.6. The summed E-state index contributed by atoms with van der Waals surface area (Å²) in [6, 6.07) is 45.1. The summed E-state index contributed by atoms with van der Waals surface area (Å²) >= 11 is 0. The van der Waals surface area contributed by atoms with E-state index >= 15 is 0 Å². The van der Waals surface area contributed by atoms with Crippen molar-refractivity contribution < 1.29 is 0 Å². The van der Waals surface area contributed by atoms with E-state index in [1.54, 1.807) is 12.4 Å². The summed E-state index contributed by atoms with van der Waals surface area (Å²) in [6.45, 7) is 0.661. The summed E-state index contributed by atoms with van der Waals surface area (Å²) in [5.74, 6) is 2.98. The maximum atomic E-state index is 5.39. The molecule has 0 spiro atoms. The molecule has 8 aromatic heterocycles. The van der Waals surface area contributed by atoms with E-state index in [4.69, 9.17) is 39.9 Å². The van der Waals surface area contributed by atoms with Crippen molar-refractivity contribution in [3.8, 4) is 51.2 Å². The summed E-state index contributed by atoms with van der Waals surface area (Å²) in [6.07, 6.45) is 13.3. The lowest BCUT2D eigenvalue weighted by Gasteiger charge is -2.18. The number of anilines is 1. The molecule has 63 heavy (non-hydrogen) atoms. The van der Waals surface area contributed by atoms with Crippen molar-refractivity contribution in [1.82, 2.24) is 53.6 Å². The lowest BCUT2D eigenvalue weighted by molar-refractivity contribution is 1.05. The van der Waals surface area contributed by atoms with Crippen molar-refractivity contribution in [2.75, 3.05) is 11.9 Å². The summed E-state index contributed by atoms with van der Waals surface area (Å²) in [5, 5.41) is 6.68. The van der Waals surface area contributed by atoms with E-state index < -0.39 is 0 Å². The lowest BCUT2D eigenvalue weighted by atomic mass is 10.0. The Bertz CT molecular complexity index is 3650. The molecule has 1 aliphatic heterocycles. The molecule has 0 fully saturated rings. The van der Waals surface area contributed by atoms with E-state index in [-0.39, 0.29) is 0 Å². The highest BCUT2D eigenvalue weighted by Gasteiger charge is 2.26. The van der Waals surface area contributed by atoms with Gasteiger partial charge in [-0.2, -0.15) is 0 Å². The molecule has 9 heterocycles. The molecule has 12 nitrogen and oxygen atoms in total. The van der Waals surface area contributed by atoms with Gasteiger partial charge in [0.15, 0.2) is 11.3 Å². The summed E-state index contributed by atoms with van der Waals surface area (Å²) in [4.78, 5) is 40.6. The highest BCUT2D eigenvalue weighted by atomic mass is 15.2. The molecule has 0 atom stereocenters. The Balaban J connectivity index is 1.15. The van der Waals surface area contributed by atoms with Gasteiger partial charge in [-0.25, -0.2) is 24.9 Å². The molecule has 1 N–H and O–H groups in total. The van der Waals surface area contributed by atoms with Crippen LogP contribution < -0.4 is 5.32 Å². The Hall–Kier alpha value is -8.90. The molecule has 0 unspecified atom stereocenters. The first-order chi connectivity index (χ1) is 31.2. The Labute approximate surface area is 358 Å². The molecule has 0 bridgehead atoms. The van der Waals surface area contributed by atoms with Gasteiger partial charge in [0.1, 0.15) is 40.0 Å². The number of para-hydroxylation sites is 3. The zero-order chi connectivity index (χ0) is 41.4. The molecule has 13 rings (SSSR count). The van der Waals surface area contributed by atoms with E-state index in [1.807, 2.05) is 73.2 Å². The molecule has 12 aromatic rings. The first kappa shape index (κ1) is 34.9. The van der Waals surface area contributed by atoms with Crippen LogP contribution >= 0.6 is 0 Å². The fraction of sp³-hybridized carbons (Fsp3) is 0.0196. The average Bonchev–Trinajstić information content (AvgIpc) is 4.06. The second-order valence-corrected chi connectivity index (χ2v) is 15.4. The Morgan fingerprint density at radius 2 is 0.825 bits per heavy atom. The summed E-state index contributed by atoms with van der Waals surface area (Å²) in [7, 11) is 0. The van der Waals surface area contributed by atoms with Gasteiger partial charge in [0.05, 0.1) is 33.6 Å². The van der Waals surface area contributed by atoms with Crippen molar-refractivity contribution >= 4 is 66.9 Å². The van der Waals surface area contributed by atoms with Crippen LogP contribution in [0.25, 0.3) is 112 Å². The van der Waals surface area contributed by atoms with E-state index in [2.05, 4.69) is 110 Å². The highest BCUT2D eigenvalue weighted by molar-refractivity contribution is 5.95. The normalized spacial score (nSPS) is 12.4. The third kappa shape index (κ3) is 5.48. The highest BCUT2D eigenvalue weighted by Crippen LogP contribution is 2.41. The largest absolute Gasteiger partial charge is 0.366 e. The van der Waals surface area contributed by atoms with Crippen molar-refractivity contribution in [3.05, 3.63) is 176 Å². The van der Waals surface area contributed by atoms with Gasteiger partial charge in [0, 0.05) is 70.4 Å². The van der Waals surface area contributed by atoms with Crippen molar-refractivity contribution in [2.24, 2.45) is 0 Å². The van der Waals surface area contributed by atoms with Crippen LogP contribution in [0, 0.1) is 0 Å². The number of nitrogens with one attached hydrogen (secondary N) is 1. The van der Waals surface area contributed by atoms with Crippen molar-refractivity contribution in [2.45, 2.75) is 0 Å². The Morgan fingerprint density at radius 3 is 1.32 bits per heavy atom. The zero-order valence-electron chi connectivity index (χ0n) is 33.4. The second kappa shape index (κ2) is 13.8. The van der Waals surface area contributed by atoms with Crippen LogP contribution in [-0.4, -0.2) is 60.1 Å². The van der Waals surface area contributed by atoms with Crippen LogP contribution in [0.4, 0.5) is 5.82 Å². The number of hydrogen-bond acceptors (Lipinski definition) is 9. The van der Waals surface area contributed by atoms with Crippen LogP contribution in [0.1, 0.15) is 5.69 Å². The molecule has 12 heteroatoms. The van der Waals surface area contributed by atoms with Crippen LogP contribution in [0.2, 0.25) is 0 Å². The van der Waals surface area contributed by atoms with Crippen molar-refractivity contribution in [3.63, 3.8) is 0 Å². The van der Waals surface area contributed by atoms with Gasteiger partial charge in [-0.15, -0.1) is 0 Å². The fourth-order valence-electron chi connectivity index (χ4n) is 8.97. The van der Waals surface area contributed by atoms with Crippen LogP contribution in [0.3, 0.4) is 0 Å². The molecule has 1 aliphatic rings. The van der Waals surface area contributed by atoms with Crippen LogP contribution in [0.15, 0.2) is 171 Å². The quantitative estimate of drug-likeness (QED) is 0.174. The molecule has 0 aliphatic carbocycles.